The first-order valence-electron chi connectivity index (χ1n) is 8.44. The Morgan fingerprint density at radius 1 is 0.929 bits per heavy atom. The van der Waals surface area contributed by atoms with E-state index in [1.54, 1.807) is 12.1 Å². The van der Waals surface area contributed by atoms with Gasteiger partial charge >= 0.3 is 10.2 Å². The van der Waals surface area contributed by atoms with Crippen LogP contribution in [0.25, 0.3) is 0 Å². The van der Waals surface area contributed by atoms with Crippen molar-refractivity contribution in [1.82, 2.24) is 4.31 Å². The highest BCUT2D eigenvalue weighted by Gasteiger charge is 2.35. The third kappa shape index (κ3) is 2.82. The smallest absolute Gasteiger partial charge is 0.301 e. The van der Waals surface area contributed by atoms with Crippen molar-refractivity contribution in [2.75, 3.05) is 31.0 Å². The molecule has 0 atom stereocenters. The molecule has 0 saturated carbocycles. The molecule has 1 fully saturated rings. The highest BCUT2D eigenvalue weighted by Crippen LogP contribution is 2.43. The van der Waals surface area contributed by atoms with Gasteiger partial charge in [0.05, 0.1) is 24.5 Å². The molecule has 2 aromatic carbocycles. The molecule has 4 rings (SSSR count). The van der Waals surface area contributed by atoms with Gasteiger partial charge in [0.25, 0.3) is 0 Å². The van der Waals surface area contributed by atoms with E-state index in [9.17, 15) is 28.2 Å². The van der Waals surface area contributed by atoms with Crippen LogP contribution in [0.15, 0.2) is 30.3 Å². The Labute approximate surface area is 160 Å². The number of hydrogen-bond acceptors (Lipinski definition) is 7. The van der Waals surface area contributed by atoms with Gasteiger partial charge in [-0.25, -0.2) is 0 Å². The monoisotopic (exact) mass is 404 g/mol. The van der Waals surface area contributed by atoms with Crippen molar-refractivity contribution in [2.45, 2.75) is 0 Å². The van der Waals surface area contributed by atoms with Crippen LogP contribution in [0, 0.1) is 0 Å². The third-order valence-corrected chi connectivity index (χ3v) is 6.23. The number of ether oxygens (including phenoxy) is 1. The van der Waals surface area contributed by atoms with Gasteiger partial charge in [0.1, 0.15) is 0 Å². The molecule has 0 spiro atoms. The lowest BCUT2D eigenvalue weighted by molar-refractivity contribution is 0.0733. The molecule has 0 bridgehead atoms. The second kappa shape index (κ2) is 6.59. The summed E-state index contributed by atoms with van der Waals surface area (Å²) in [6.07, 6.45) is 0. The Bertz CT molecular complexity index is 1110. The number of carbonyl (C=O) groups is 2. The zero-order chi connectivity index (χ0) is 20.1. The van der Waals surface area contributed by atoms with Crippen molar-refractivity contribution >= 4 is 27.5 Å². The number of phenolic OH excluding ortho intramolecular Hbond substituents is 2. The van der Waals surface area contributed by atoms with Crippen molar-refractivity contribution in [3.05, 3.63) is 52.6 Å². The molecule has 1 aliphatic heterocycles. The van der Waals surface area contributed by atoms with E-state index in [-0.39, 0.29) is 54.2 Å². The predicted molar refractivity (Wildman–Crippen MR) is 98.0 cm³/mol. The zero-order valence-electron chi connectivity index (χ0n) is 14.5. The van der Waals surface area contributed by atoms with Gasteiger partial charge in [-0.15, -0.1) is 0 Å². The molecule has 3 N–H and O–H groups in total. The maximum Gasteiger partial charge on any atom is 0.301 e. The van der Waals surface area contributed by atoms with E-state index in [2.05, 4.69) is 4.72 Å². The molecule has 9 nitrogen and oxygen atoms in total. The predicted octanol–water partition coefficient (Wildman–Crippen LogP) is 0.862. The topological polar surface area (TPSA) is 133 Å². The number of nitrogens with one attached hydrogen (secondary N) is 1. The number of hydrogen-bond donors (Lipinski definition) is 3. The lowest BCUT2D eigenvalue weighted by Crippen LogP contribution is -2.43. The standard InChI is InChI=1S/C18H16N2O7S/c21-15-10-3-1-2-4-11(10)16(22)14-12(15)9-13(17(23)18(14)24)19-28(25,26)20-5-7-27-8-6-20/h1-4,9,19,23-24H,5-8H2. The maximum absolute atomic E-state index is 12.8. The Balaban J connectivity index is 1.79. The van der Waals surface area contributed by atoms with Gasteiger partial charge in [-0.1, -0.05) is 24.3 Å². The van der Waals surface area contributed by atoms with Gasteiger partial charge in [0.2, 0.25) is 0 Å². The first-order chi connectivity index (χ1) is 13.3. The fraction of sp³-hybridized carbons (Fsp3) is 0.222. The Hall–Kier alpha value is -2.95. The van der Waals surface area contributed by atoms with E-state index >= 15 is 0 Å². The minimum absolute atomic E-state index is 0.108. The van der Waals surface area contributed by atoms with Gasteiger partial charge in [-0.3, -0.25) is 14.3 Å². The molecule has 2 aromatic rings. The molecule has 0 radical (unpaired) electrons. The molecule has 1 aliphatic carbocycles. The summed E-state index contributed by atoms with van der Waals surface area (Å²) in [6.45, 7) is 0.702. The van der Waals surface area contributed by atoms with Crippen molar-refractivity contribution in [3.8, 4) is 11.5 Å². The molecule has 2 aliphatic rings. The summed E-state index contributed by atoms with van der Waals surface area (Å²) in [5.41, 5.74) is -0.666. The van der Waals surface area contributed by atoms with Gasteiger partial charge < -0.3 is 14.9 Å². The number of anilines is 1. The zero-order valence-corrected chi connectivity index (χ0v) is 15.3. The molecule has 28 heavy (non-hydrogen) atoms. The fourth-order valence-corrected chi connectivity index (χ4v) is 4.49. The van der Waals surface area contributed by atoms with Gasteiger partial charge in [0.15, 0.2) is 23.1 Å². The molecule has 1 saturated heterocycles. The summed E-state index contributed by atoms with van der Waals surface area (Å²) in [6, 6.07) is 7.16. The number of benzene rings is 2. The van der Waals surface area contributed by atoms with E-state index in [0.29, 0.717) is 0 Å². The normalized spacial score (nSPS) is 17.1. The molecule has 0 amide bonds. The van der Waals surface area contributed by atoms with Crippen LogP contribution >= 0.6 is 0 Å². The number of fused-ring (bicyclic) bond motifs is 2. The molecule has 0 unspecified atom stereocenters. The Morgan fingerprint density at radius 3 is 2.18 bits per heavy atom. The number of rotatable bonds is 3. The molecule has 10 heteroatoms. The average molecular weight is 404 g/mol. The molecule has 0 aromatic heterocycles. The van der Waals surface area contributed by atoms with Crippen molar-refractivity contribution in [2.24, 2.45) is 0 Å². The summed E-state index contributed by atoms with van der Waals surface area (Å²) in [5, 5.41) is 20.6. The number of morpholine rings is 1. The van der Waals surface area contributed by atoms with E-state index in [1.807, 2.05) is 0 Å². The quantitative estimate of drug-likeness (QED) is 0.552. The van der Waals surface area contributed by atoms with Crippen LogP contribution < -0.4 is 4.72 Å². The van der Waals surface area contributed by atoms with Crippen LogP contribution in [-0.2, 0) is 14.9 Å². The minimum Gasteiger partial charge on any atom is -0.504 e. The Morgan fingerprint density at radius 2 is 1.54 bits per heavy atom. The van der Waals surface area contributed by atoms with Crippen LogP contribution in [0.2, 0.25) is 0 Å². The molecular weight excluding hydrogens is 388 g/mol. The number of aromatic hydroxyl groups is 2. The summed E-state index contributed by atoms with van der Waals surface area (Å²) in [5.74, 6) is -2.84. The third-order valence-electron chi connectivity index (χ3n) is 4.71. The molecule has 146 valence electrons. The fourth-order valence-electron chi connectivity index (χ4n) is 3.29. The minimum atomic E-state index is -4.06. The van der Waals surface area contributed by atoms with Crippen LogP contribution in [0.1, 0.15) is 31.8 Å². The average Bonchev–Trinajstić information content (AvgIpc) is 2.70. The van der Waals surface area contributed by atoms with Crippen LogP contribution in [0.3, 0.4) is 0 Å². The molecule has 1 heterocycles. The van der Waals surface area contributed by atoms with E-state index in [0.717, 1.165) is 10.4 Å². The second-order valence-corrected chi connectivity index (χ2v) is 8.04. The number of ketones is 2. The lowest BCUT2D eigenvalue weighted by Gasteiger charge is -2.27. The summed E-state index contributed by atoms with van der Waals surface area (Å²) in [7, 11) is -4.06. The Kier molecular flexibility index (Phi) is 4.33. The van der Waals surface area contributed by atoms with Crippen LogP contribution in [0.4, 0.5) is 5.69 Å². The van der Waals surface area contributed by atoms with E-state index in [1.165, 1.54) is 12.1 Å². The van der Waals surface area contributed by atoms with Crippen molar-refractivity contribution in [1.29, 1.82) is 0 Å². The van der Waals surface area contributed by atoms with Crippen LogP contribution in [0.5, 0.6) is 11.5 Å². The largest absolute Gasteiger partial charge is 0.504 e. The maximum atomic E-state index is 12.8. The number of carbonyl (C=O) groups excluding carboxylic acids is 2. The highest BCUT2D eigenvalue weighted by atomic mass is 32.2. The van der Waals surface area contributed by atoms with Crippen LogP contribution in [-0.4, -0.2) is 60.8 Å². The second-order valence-electron chi connectivity index (χ2n) is 6.37. The number of phenols is 2. The summed E-state index contributed by atoms with van der Waals surface area (Å²) in [4.78, 5) is 25.5. The van der Waals surface area contributed by atoms with Gasteiger partial charge in [0, 0.05) is 29.8 Å². The summed E-state index contributed by atoms with van der Waals surface area (Å²) < 4.78 is 33.5. The molecular formula is C18H16N2O7S. The number of nitrogens with zero attached hydrogens (tertiary/aromatic N) is 1. The first kappa shape index (κ1) is 18.4. The van der Waals surface area contributed by atoms with Crippen molar-refractivity contribution < 1.29 is 33.0 Å². The van der Waals surface area contributed by atoms with Gasteiger partial charge in [-0.2, -0.15) is 12.7 Å². The van der Waals surface area contributed by atoms with Gasteiger partial charge in [-0.05, 0) is 6.07 Å². The van der Waals surface area contributed by atoms with E-state index in [4.69, 9.17) is 4.74 Å². The summed E-state index contributed by atoms with van der Waals surface area (Å²) >= 11 is 0. The SMILES string of the molecule is O=C1c2ccccc2C(=O)c2c1cc(NS(=O)(=O)N1CCOCC1)c(O)c2O. The highest BCUT2D eigenvalue weighted by molar-refractivity contribution is 7.90. The van der Waals surface area contributed by atoms with E-state index < -0.39 is 33.3 Å². The van der Waals surface area contributed by atoms with Crippen molar-refractivity contribution in [3.63, 3.8) is 0 Å². The lowest BCUT2D eigenvalue weighted by atomic mass is 9.83. The first-order valence-corrected chi connectivity index (χ1v) is 9.88.